The first-order valence-corrected chi connectivity index (χ1v) is 11.0. The van der Waals surface area contributed by atoms with Gasteiger partial charge in [-0.05, 0) is 31.2 Å². The second-order valence-corrected chi connectivity index (χ2v) is 8.25. The molecule has 0 saturated carbocycles. The van der Waals surface area contributed by atoms with Gasteiger partial charge in [-0.15, -0.1) is 10.2 Å². The molecule has 0 N–H and O–H groups in total. The Morgan fingerprint density at radius 1 is 1.09 bits per heavy atom. The van der Waals surface area contributed by atoms with E-state index in [9.17, 15) is 9.59 Å². The van der Waals surface area contributed by atoms with Gasteiger partial charge in [0.25, 0.3) is 5.56 Å². The first kappa shape index (κ1) is 21.9. The summed E-state index contributed by atoms with van der Waals surface area (Å²) in [5, 5.41) is 9.44. The summed E-state index contributed by atoms with van der Waals surface area (Å²) in [7, 11) is 3.14. The number of thioether (sulfide) groups is 1. The lowest BCUT2D eigenvalue weighted by atomic mass is 10.2. The largest absolute Gasteiger partial charge is 0.468 e. The van der Waals surface area contributed by atoms with Gasteiger partial charge in [0.05, 0.1) is 29.3 Å². The average Bonchev–Trinajstić information content (AvgIpc) is 3.30. The molecule has 0 saturated heterocycles. The van der Waals surface area contributed by atoms with Gasteiger partial charge in [-0.3, -0.25) is 18.8 Å². The third kappa shape index (κ3) is 3.85. The van der Waals surface area contributed by atoms with Gasteiger partial charge in [0.2, 0.25) is 0 Å². The van der Waals surface area contributed by atoms with Crippen LogP contribution in [0.25, 0.3) is 22.8 Å². The van der Waals surface area contributed by atoms with E-state index in [-0.39, 0.29) is 11.3 Å². The number of para-hydroxylation sites is 1. The molecule has 8 nitrogen and oxygen atoms in total. The molecule has 10 heteroatoms. The van der Waals surface area contributed by atoms with Gasteiger partial charge in [-0.25, -0.2) is 4.68 Å². The molecule has 0 aliphatic heterocycles. The van der Waals surface area contributed by atoms with Crippen LogP contribution in [0, 0.1) is 6.92 Å². The fraction of sp³-hybridized carbons (Fsp3) is 0.182. The zero-order valence-electron chi connectivity index (χ0n) is 17.7. The van der Waals surface area contributed by atoms with Crippen molar-refractivity contribution in [3.8, 4) is 22.8 Å². The van der Waals surface area contributed by atoms with E-state index in [0.29, 0.717) is 32.9 Å². The quantitative estimate of drug-likeness (QED) is 0.316. The normalized spacial score (nSPS) is 11.0. The van der Waals surface area contributed by atoms with E-state index in [2.05, 4.69) is 10.2 Å². The number of aromatic nitrogens is 5. The summed E-state index contributed by atoms with van der Waals surface area (Å²) >= 11 is 7.58. The van der Waals surface area contributed by atoms with E-state index in [1.807, 2.05) is 62.5 Å². The Bertz CT molecular complexity index is 1340. The van der Waals surface area contributed by atoms with Gasteiger partial charge < -0.3 is 4.74 Å². The Balaban J connectivity index is 1.97. The number of rotatable bonds is 6. The lowest BCUT2D eigenvalue weighted by molar-refractivity contribution is -0.137. The summed E-state index contributed by atoms with van der Waals surface area (Å²) in [4.78, 5) is 25.4. The van der Waals surface area contributed by atoms with E-state index in [1.54, 1.807) is 20.0 Å². The van der Waals surface area contributed by atoms with Crippen molar-refractivity contribution in [3.05, 3.63) is 75.7 Å². The van der Waals surface area contributed by atoms with Crippen molar-refractivity contribution in [1.29, 1.82) is 0 Å². The van der Waals surface area contributed by atoms with Crippen LogP contribution in [0.15, 0.2) is 64.5 Å². The van der Waals surface area contributed by atoms with E-state index < -0.39 is 5.97 Å². The molecule has 0 unspecified atom stereocenters. The summed E-state index contributed by atoms with van der Waals surface area (Å²) in [6.45, 7) is 1.85. The standard InChI is InChI=1S/C22H20ClN5O3S/c1-14-19(21(30)28(26(14)2)15-9-5-4-6-10-15)27-20(16-11-7-8-12-17(16)23)24-25-22(27)32-13-18(29)31-3/h4-12H,13H2,1-3H3. The summed E-state index contributed by atoms with van der Waals surface area (Å²) in [6, 6.07) is 16.6. The van der Waals surface area contributed by atoms with E-state index in [1.165, 1.54) is 7.11 Å². The lowest BCUT2D eigenvalue weighted by Crippen LogP contribution is -2.22. The molecule has 0 atom stereocenters. The minimum absolute atomic E-state index is 0.0237. The maximum absolute atomic E-state index is 13.7. The summed E-state index contributed by atoms with van der Waals surface area (Å²) < 4.78 is 9.76. The molecule has 0 aliphatic carbocycles. The molecule has 2 heterocycles. The number of carbonyl (C=O) groups excluding carboxylic acids is 1. The molecule has 0 radical (unpaired) electrons. The molecule has 0 aliphatic rings. The molecule has 0 spiro atoms. The lowest BCUT2D eigenvalue weighted by Gasteiger charge is -2.10. The van der Waals surface area contributed by atoms with Crippen LogP contribution in [0.3, 0.4) is 0 Å². The number of ether oxygens (including phenoxy) is 1. The molecule has 4 rings (SSSR count). The second-order valence-electron chi connectivity index (χ2n) is 6.90. The van der Waals surface area contributed by atoms with Crippen LogP contribution in [-0.2, 0) is 16.6 Å². The maximum Gasteiger partial charge on any atom is 0.316 e. The summed E-state index contributed by atoms with van der Waals surface area (Å²) in [5.74, 6) is 0.0277. The van der Waals surface area contributed by atoms with Gasteiger partial charge in [0.15, 0.2) is 11.0 Å². The minimum Gasteiger partial charge on any atom is -0.468 e. The number of benzene rings is 2. The van der Waals surface area contributed by atoms with Gasteiger partial charge in [0, 0.05) is 12.6 Å². The van der Waals surface area contributed by atoms with Crippen LogP contribution in [0.2, 0.25) is 5.02 Å². The number of nitrogens with zero attached hydrogens (tertiary/aromatic N) is 5. The van der Waals surface area contributed by atoms with Crippen molar-refractivity contribution in [2.45, 2.75) is 12.1 Å². The third-order valence-corrected chi connectivity index (χ3v) is 6.27. The van der Waals surface area contributed by atoms with E-state index in [0.717, 1.165) is 17.4 Å². The molecular formula is C22H20ClN5O3S. The van der Waals surface area contributed by atoms with Crippen molar-refractivity contribution in [2.75, 3.05) is 12.9 Å². The Labute approximate surface area is 193 Å². The molecule has 2 aromatic carbocycles. The topological polar surface area (TPSA) is 83.9 Å². The summed E-state index contributed by atoms with van der Waals surface area (Å²) in [5.41, 5.74) is 2.19. The Morgan fingerprint density at radius 2 is 1.78 bits per heavy atom. The van der Waals surface area contributed by atoms with Crippen LogP contribution >= 0.6 is 23.4 Å². The Kier molecular flexibility index (Phi) is 6.20. The van der Waals surface area contributed by atoms with Crippen molar-refractivity contribution in [3.63, 3.8) is 0 Å². The van der Waals surface area contributed by atoms with Crippen LogP contribution in [-0.4, -0.2) is 43.0 Å². The molecule has 4 aromatic rings. The smallest absolute Gasteiger partial charge is 0.316 e. The minimum atomic E-state index is -0.407. The third-order valence-electron chi connectivity index (χ3n) is 5.04. The number of carbonyl (C=O) groups is 1. The maximum atomic E-state index is 13.7. The van der Waals surface area contributed by atoms with Crippen molar-refractivity contribution in [1.82, 2.24) is 24.1 Å². The van der Waals surface area contributed by atoms with Crippen LogP contribution in [0.1, 0.15) is 5.69 Å². The average molecular weight is 470 g/mol. The predicted molar refractivity (Wildman–Crippen MR) is 124 cm³/mol. The van der Waals surface area contributed by atoms with Gasteiger partial charge >= 0.3 is 5.97 Å². The highest BCUT2D eigenvalue weighted by Gasteiger charge is 2.26. The molecule has 0 amide bonds. The SMILES string of the molecule is COC(=O)CSc1nnc(-c2ccccc2Cl)n1-c1c(C)n(C)n(-c2ccccc2)c1=O. The molecule has 32 heavy (non-hydrogen) atoms. The van der Waals surface area contributed by atoms with Crippen molar-refractivity contribution in [2.24, 2.45) is 7.05 Å². The molecule has 2 aromatic heterocycles. The Morgan fingerprint density at radius 3 is 2.47 bits per heavy atom. The van der Waals surface area contributed by atoms with Gasteiger partial charge in [0.1, 0.15) is 5.69 Å². The zero-order chi connectivity index (χ0) is 22.8. The monoisotopic (exact) mass is 469 g/mol. The predicted octanol–water partition coefficient (Wildman–Crippen LogP) is 3.65. The fourth-order valence-corrected chi connectivity index (χ4v) is 4.37. The van der Waals surface area contributed by atoms with Gasteiger partial charge in [-0.1, -0.05) is 53.7 Å². The second kappa shape index (κ2) is 9.05. The van der Waals surface area contributed by atoms with Crippen molar-refractivity contribution >= 4 is 29.3 Å². The van der Waals surface area contributed by atoms with Crippen LogP contribution in [0.5, 0.6) is 0 Å². The molecule has 164 valence electrons. The highest BCUT2D eigenvalue weighted by molar-refractivity contribution is 7.99. The molecule has 0 fully saturated rings. The fourth-order valence-electron chi connectivity index (χ4n) is 3.38. The number of methoxy groups -OCH3 is 1. The van der Waals surface area contributed by atoms with Crippen LogP contribution in [0.4, 0.5) is 0 Å². The summed E-state index contributed by atoms with van der Waals surface area (Å²) in [6.07, 6.45) is 0. The molecular weight excluding hydrogens is 450 g/mol. The van der Waals surface area contributed by atoms with E-state index >= 15 is 0 Å². The van der Waals surface area contributed by atoms with Gasteiger partial charge in [-0.2, -0.15) is 0 Å². The highest BCUT2D eigenvalue weighted by Crippen LogP contribution is 2.32. The first-order valence-electron chi connectivity index (χ1n) is 9.68. The van der Waals surface area contributed by atoms with Crippen molar-refractivity contribution < 1.29 is 9.53 Å². The number of hydrogen-bond donors (Lipinski definition) is 0. The highest BCUT2D eigenvalue weighted by atomic mass is 35.5. The van der Waals surface area contributed by atoms with E-state index in [4.69, 9.17) is 16.3 Å². The first-order chi connectivity index (χ1) is 15.4. The number of hydrogen-bond acceptors (Lipinski definition) is 6. The van der Waals surface area contributed by atoms with Crippen LogP contribution < -0.4 is 5.56 Å². The molecule has 0 bridgehead atoms. The Hall–Kier alpha value is -3.30. The zero-order valence-corrected chi connectivity index (χ0v) is 19.2. The number of halogens is 1. The number of esters is 1.